The van der Waals surface area contributed by atoms with Crippen molar-refractivity contribution in [2.24, 2.45) is 0 Å². The Balaban J connectivity index is 1.85. The summed E-state index contributed by atoms with van der Waals surface area (Å²) in [6.45, 7) is 0. The van der Waals surface area contributed by atoms with Crippen molar-refractivity contribution in [3.05, 3.63) is 6.42 Å². The van der Waals surface area contributed by atoms with Gasteiger partial charge < -0.3 is 0 Å². The third kappa shape index (κ3) is 1.48. The molecule has 2 atom stereocenters. The summed E-state index contributed by atoms with van der Waals surface area (Å²) in [6.07, 6.45) is 6.80. The average molecular weight is 173 g/mol. The number of rotatable bonds is 1. The Hall–Kier alpha value is 0.700. The Morgan fingerprint density at radius 3 is 2.80 bits per heavy atom. The van der Waals surface area contributed by atoms with Crippen LogP contribution >= 0.6 is 23.5 Å². The first-order chi connectivity index (χ1) is 4.97. The Morgan fingerprint density at radius 1 is 1.20 bits per heavy atom. The van der Waals surface area contributed by atoms with Crippen LogP contribution in [-0.2, 0) is 0 Å². The molecule has 2 rings (SSSR count). The van der Waals surface area contributed by atoms with Crippen LogP contribution in [0.25, 0.3) is 0 Å². The van der Waals surface area contributed by atoms with E-state index >= 15 is 0 Å². The molecule has 57 valence electrons. The molecule has 0 spiro atoms. The SMILES string of the molecule is [CH]1CCSC1C1CCCS1. The molecule has 0 saturated carbocycles. The maximum absolute atomic E-state index is 2.52. The first kappa shape index (κ1) is 7.35. The molecular weight excluding hydrogens is 160 g/mol. The molecule has 1 radical (unpaired) electrons. The normalized spacial score (nSPS) is 40.8. The van der Waals surface area contributed by atoms with E-state index in [2.05, 4.69) is 29.9 Å². The molecule has 2 saturated heterocycles. The number of hydrogen-bond donors (Lipinski definition) is 0. The minimum atomic E-state index is 0.910. The van der Waals surface area contributed by atoms with Gasteiger partial charge in [0, 0.05) is 10.5 Å². The topological polar surface area (TPSA) is 0 Å². The summed E-state index contributed by atoms with van der Waals surface area (Å²) < 4.78 is 0. The second-order valence-corrected chi connectivity index (χ2v) is 5.54. The largest absolute Gasteiger partial charge is 0.157 e. The van der Waals surface area contributed by atoms with Crippen molar-refractivity contribution >= 4 is 23.5 Å². The number of hydrogen-bond acceptors (Lipinski definition) is 2. The molecule has 0 aromatic carbocycles. The molecule has 0 aliphatic carbocycles. The summed E-state index contributed by atoms with van der Waals surface area (Å²) in [5.41, 5.74) is 0. The molecule has 0 aromatic heterocycles. The summed E-state index contributed by atoms with van der Waals surface area (Å²) in [6, 6.07) is 0. The van der Waals surface area contributed by atoms with E-state index in [-0.39, 0.29) is 0 Å². The van der Waals surface area contributed by atoms with Crippen LogP contribution in [0.3, 0.4) is 0 Å². The first-order valence-corrected chi connectivity index (χ1v) is 6.13. The van der Waals surface area contributed by atoms with E-state index in [9.17, 15) is 0 Å². The van der Waals surface area contributed by atoms with E-state index < -0.39 is 0 Å². The Morgan fingerprint density at radius 2 is 2.20 bits per heavy atom. The van der Waals surface area contributed by atoms with E-state index in [4.69, 9.17) is 0 Å². The zero-order valence-electron chi connectivity index (χ0n) is 6.08. The summed E-state index contributed by atoms with van der Waals surface area (Å²) >= 11 is 4.35. The van der Waals surface area contributed by atoms with Gasteiger partial charge in [0.15, 0.2) is 0 Å². The fourth-order valence-electron chi connectivity index (χ4n) is 1.63. The van der Waals surface area contributed by atoms with Gasteiger partial charge in [-0.25, -0.2) is 0 Å². The Kier molecular flexibility index (Phi) is 2.50. The molecule has 2 unspecified atom stereocenters. The summed E-state index contributed by atoms with van der Waals surface area (Å²) in [5.74, 6) is 2.79. The fraction of sp³-hybridized carbons (Fsp3) is 0.875. The van der Waals surface area contributed by atoms with Crippen LogP contribution in [0.2, 0.25) is 0 Å². The summed E-state index contributed by atoms with van der Waals surface area (Å²) in [5, 5.41) is 1.89. The minimum absolute atomic E-state index is 0.910. The van der Waals surface area contributed by atoms with Crippen LogP contribution in [0.1, 0.15) is 19.3 Å². The molecular formula is C8H13S2. The molecule has 2 fully saturated rings. The summed E-state index contributed by atoms with van der Waals surface area (Å²) in [7, 11) is 0. The van der Waals surface area contributed by atoms with E-state index in [0.29, 0.717) is 0 Å². The van der Waals surface area contributed by atoms with Gasteiger partial charge in [-0.1, -0.05) is 0 Å². The molecule has 10 heavy (non-hydrogen) atoms. The predicted molar refractivity (Wildman–Crippen MR) is 50.6 cm³/mol. The maximum Gasteiger partial charge on any atom is 0.0198 e. The van der Waals surface area contributed by atoms with Crippen molar-refractivity contribution in [1.29, 1.82) is 0 Å². The molecule has 0 aromatic rings. The second-order valence-electron chi connectivity index (χ2n) is 2.91. The average Bonchev–Trinajstić information content (AvgIpc) is 2.59. The van der Waals surface area contributed by atoms with Crippen molar-refractivity contribution in [2.75, 3.05) is 11.5 Å². The molecule has 0 N–H and O–H groups in total. The van der Waals surface area contributed by atoms with Gasteiger partial charge in [-0.3, -0.25) is 0 Å². The van der Waals surface area contributed by atoms with Gasteiger partial charge in [0.1, 0.15) is 0 Å². The van der Waals surface area contributed by atoms with Crippen molar-refractivity contribution in [3.8, 4) is 0 Å². The monoisotopic (exact) mass is 173 g/mol. The third-order valence-corrected chi connectivity index (χ3v) is 5.19. The van der Waals surface area contributed by atoms with E-state index in [1.165, 1.54) is 30.8 Å². The summed E-state index contributed by atoms with van der Waals surface area (Å²) in [4.78, 5) is 0. The standard InChI is InChI=1S/C8H13S2/c1-3-7(9-5-1)8-4-2-6-10-8/h3,7-8H,1-2,4-6H2. The highest BCUT2D eigenvalue weighted by atomic mass is 32.2. The van der Waals surface area contributed by atoms with Gasteiger partial charge in [0.2, 0.25) is 0 Å². The van der Waals surface area contributed by atoms with Gasteiger partial charge in [-0.05, 0) is 37.2 Å². The van der Waals surface area contributed by atoms with Crippen molar-refractivity contribution in [1.82, 2.24) is 0 Å². The third-order valence-electron chi connectivity index (χ3n) is 2.16. The van der Waals surface area contributed by atoms with Crippen LogP contribution < -0.4 is 0 Å². The number of thioether (sulfide) groups is 2. The molecule has 0 amide bonds. The van der Waals surface area contributed by atoms with Crippen LogP contribution in [0, 0.1) is 6.42 Å². The molecule has 0 bridgehead atoms. The molecule has 2 aliphatic heterocycles. The van der Waals surface area contributed by atoms with Crippen molar-refractivity contribution in [3.63, 3.8) is 0 Å². The van der Waals surface area contributed by atoms with Gasteiger partial charge >= 0.3 is 0 Å². The zero-order chi connectivity index (χ0) is 6.81. The zero-order valence-corrected chi connectivity index (χ0v) is 7.72. The van der Waals surface area contributed by atoms with E-state index in [0.717, 1.165) is 10.5 Å². The quantitative estimate of drug-likeness (QED) is 0.598. The molecule has 2 heterocycles. The highest BCUT2D eigenvalue weighted by Crippen LogP contribution is 2.39. The van der Waals surface area contributed by atoms with E-state index in [1.807, 2.05) is 0 Å². The van der Waals surface area contributed by atoms with Crippen LogP contribution in [0.5, 0.6) is 0 Å². The van der Waals surface area contributed by atoms with Gasteiger partial charge in [-0.15, -0.1) is 0 Å². The van der Waals surface area contributed by atoms with Gasteiger partial charge in [0.05, 0.1) is 0 Å². The lowest BCUT2D eigenvalue weighted by atomic mass is 10.1. The smallest absolute Gasteiger partial charge is 0.0198 e. The Bertz CT molecular complexity index is 87.8. The van der Waals surface area contributed by atoms with Crippen LogP contribution in [0.15, 0.2) is 0 Å². The van der Waals surface area contributed by atoms with Crippen molar-refractivity contribution in [2.45, 2.75) is 29.8 Å². The fourth-order valence-corrected chi connectivity index (χ4v) is 4.53. The highest BCUT2D eigenvalue weighted by Gasteiger charge is 2.28. The highest BCUT2D eigenvalue weighted by molar-refractivity contribution is 8.04. The minimum Gasteiger partial charge on any atom is -0.157 e. The molecule has 0 nitrogen and oxygen atoms in total. The lowest BCUT2D eigenvalue weighted by molar-refractivity contribution is 0.779. The predicted octanol–water partition coefficient (Wildman–Crippen LogP) is 2.59. The van der Waals surface area contributed by atoms with Gasteiger partial charge in [-0.2, -0.15) is 23.5 Å². The van der Waals surface area contributed by atoms with E-state index in [1.54, 1.807) is 0 Å². The first-order valence-electron chi connectivity index (χ1n) is 4.03. The molecule has 2 heteroatoms. The lowest BCUT2D eigenvalue weighted by Gasteiger charge is -2.14. The maximum atomic E-state index is 2.52. The van der Waals surface area contributed by atoms with Crippen LogP contribution in [-0.4, -0.2) is 22.0 Å². The second kappa shape index (κ2) is 3.40. The van der Waals surface area contributed by atoms with Crippen molar-refractivity contribution < 1.29 is 0 Å². The van der Waals surface area contributed by atoms with Gasteiger partial charge in [0.25, 0.3) is 0 Å². The Labute approximate surface area is 71.5 Å². The lowest BCUT2D eigenvalue weighted by Crippen LogP contribution is -2.13. The molecule has 2 aliphatic rings. The van der Waals surface area contributed by atoms with Crippen LogP contribution in [0.4, 0.5) is 0 Å².